The number of benzene rings is 1. The molecule has 0 aliphatic heterocycles. The SMILES string of the molecule is C/C(=C\C(C)=C(/C)c1ccccc1)c1ccnc(N)n1. The maximum absolute atomic E-state index is 5.62. The number of anilines is 1. The zero-order valence-electron chi connectivity index (χ0n) is 12.1. The molecule has 0 unspecified atom stereocenters. The minimum Gasteiger partial charge on any atom is -0.368 e. The molecule has 0 spiro atoms. The summed E-state index contributed by atoms with van der Waals surface area (Å²) < 4.78 is 0. The highest BCUT2D eigenvalue weighted by atomic mass is 15.0. The quantitative estimate of drug-likeness (QED) is 0.855. The van der Waals surface area contributed by atoms with Crippen molar-refractivity contribution >= 4 is 17.1 Å². The van der Waals surface area contributed by atoms with Crippen molar-refractivity contribution < 1.29 is 0 Å². The maximum Gasteiger partial charge on any atom is 0.220 e. The molecule has 2 N–H and O–H groups in total. The number of hydrogen-bond acceptors (Lipinski definition) is 3. The Kier molecular flexibility index (Phi) is 4.31. The molecule has 3 nitrogen and oxygen atoms in total. The number of nitrogen functional groups attached to an aromatic ring is 1. The molecule has 0 aliphatic rings. The minimum atomic E-state index is 0.302. The first-order valence-corrected chi connectivity index (χ1v) is 6.58. The Labute approximate surface area is 119 Å². The van der Waals surface area contributed by atoms with Crippen molar-refractivity contribution in [3.63, 3.8) is 0 Å². The van der Waals surface area contributed by atoms with Crippen molar-refractivity contribution in [3.05, 3.63) is 65.5 Å². The molecule has 1 heterocycles. The van der Waals surface area contributed by atoms with E-state index in [1.807, 2.05) is 31.2 Å². The number of aromatic nitrogens is 2. The Morgan fingerprint density at radius 1 is 1.05 bits per heavy atom. The number of allylic oxidation sites excluding steroid dienone is 4. The lowest BCUT2D eigenvalue weighted by molar-refractivity contribution is 1.16. The van der Waals surface area contributed by atoms with Crippen molar-refractivity contribution in [2.24, 2.45) is 0 Å². The van der Waals surface area contributed by atoms with Gasteiger partial charge < -0.3 is 5.73 Å². The molecule has 0 radical (unpaired) electrons. The second-order valence-corrected chi connectivity index (χ2v) is 4.80. The Morgan fingerprint density at radius 2 is 1.75 bits per heavy atom. The van der Waals surface area contributed by atoms with Crippen LogP contribution in [0.1, 0.15) is 32.0 Å². The number of nitrogens with two attached hydrogens (primary N) is 1. The summed E-state index contributed by atoms with van der Waals surface area (Å²) in [6.45, 7) is 6.27. The highest BCUT2D eigenvalue weighted by Gasteiger charge is 2.02. The van der Waals surface area contributed by atoms with Crippen molar-refractivity contribution in [1.82, 2.24) is 9.97 Å². The van der Waals surface area contributed by atoms with E-state index >= 15 is 0 Å². The van der Waals surface area contributed by atoms with Gasteiger partial charge in [-0.15, -0.1) is 0 Å². The average molecular weight is 265 g/mol. The molecule has 0 saturated carbocycles. The van der Waals surface area contributed by atoms with Gasteiger partial charge in [-0.2, -0.15) is 0 Å². The van der Waals surface area contributed by atoms with Gasteiger partial charge in [0.15, 0.2) is 0 Å². The largest absolute Gasteiger partial charge is 0.368 e. The summed E-state index contributed by atoms with van der Waals surface area (Å²) in [7, 11) is 0. The van der Waals surface area contributed by atoms with Crippen LogP contribution < -0.4 is 5.73 Å². The summed E-state index contributed by atoms with van der Waals surface area (Å²) in [4.78, 5) is 8.15. The smallest absolute Gasteiger partial charge is 0.220 e. The van der Waals surface area contributed by atoms with E-state index < -0.39 is 0 Å². The molecule has 1 aromatic heterocycles. The molecule has 102 valence electrons. The van der Waals surface area contributed by atoms with E-state index in [4.69, 9.17) is 5.73 Å². The third-order valence-corrected chi connectivity index (χ3v) is 3.31. The number of hydrogen-bond donors (Lipinski definition) is 1. The zero-order chi connectivity index (χ0) is 14.5. The van der Waals surface area contributed by atoms with Crippen LogP contribution in [0.3, 0.4) is 0 Å². The molecule has 0 saturated heterocycles. The Bertz CT molecular complexity index is 655. The van der Waals surface area contributed by atoms with E-state index in [1.165, 1.54) is 16.7 Å². The lowest BCUT2D eigenvalue weighted by atomic mass is 10.0. The highest BCUT2D eigenvalue weighted by Crippen LogP contribution is 2.21. The van der Waals surface area contributed by atoms with Crippen LogP contribution in [0.4, 0.5) is 5.95 Å². The second kappa shape index (κ2) is 6.15. The predicted molar refractivity (Wildman–Crippen MR) is 84.8 cm³/mol. The molecule has 20 heavy (non-hydrogen) atoms. The van der Waals surface area contributed by atoms with E-state index in [9.17, 15) is 0 Å². The summed E-state index contributed by atoms with van der Waals surface area (Å²) >= 11 is 0. The van der Waals surface area contributed by atoms with Crippen LogP contribution in [0, 0.1) is 0 Å². The Balaban J connectivity index is 2.34. The highest BCUT2D eigenvalue weighted by molar-refractivity contribution is 5.73. The van der Waals surface area contributed by atoms with Gasteiger partial charge in [0.2, 0.25) is 5.95 Å². The van der Waals surface area contributed by atoms with Gasteiger partial charge in [0, 0.05) is 6.20 Å². The standard InChI is InChI=1S/C17H19N3/c1-12(14(3)15-7-5-4-6-8-15)11-13(2)16-9-10-19-17(18)20-16/h4-11H,1-3H3,(H2,18,19,20)/b13-11+,14-12+. The van der Waals surface area contributed by atoms with Crippen molar-refractivity contribution in [1.29, 1.82) is 0 Å². The van der Waals surface area contributed by atoms with Gasteiger partial charge in [-0.05, 0) is 49.1 Å². The fourth-order valence-electron chi connectivity index (χ4n) is 2.02. The van der Waals surface area contributed by atoms with Gasteiger partial charge in [-0.1, -0.05) is 36.4 Å². The predicted octanol–water partition coefficient (Wildman–Crippen LogP) is 3.96. The molecule has 2 rings (SSSR count). The Morgan fingerprint density at radius 3 is 2.40 bits per heavy atom. The van der Waals surface area contributed by atoms with Crippen LogP contribution in [0.25, 0.3) is 11.1 Å². The summed E-state index contributed by atoms with van der Waals surface area (Å²) in [5.74, 6) is 0.302. The van der Waals surface area contributed by atoms with E-state index in [0.29, 0.717) is 5.95 Å². The fourth-order valence-corrected chi connectivity index (χ4v) is 2.02. The first-order chi connectivity index (χ1) is 9.58. The van der Waals surface area contributed by atoms with Crippen LogP contribution in [0.2, 0.25) is 0 Å². The molecule has 2 aromatic rings. The zero-order valence-corrected chi connectivity index (χ0v) is 12.1. The summed E-state index contributed by atoms with van der Waals surface area (Å²) in [5, 5.41) is 0. The second-order valence-electron chi connectivity index (χ2n) is 4.80. The van der Waals surface area contributed by atoms with Gasteiger partial charge in [0.25, 0.3) is 0 Å². The fraction of sp³-hybridized carbons (Fsp3) is 0.176. The van der Waals surface area contributed by atoms with Gasteiger partial charge in [-0.25, -0.2) is 9.97 Å². The van der Waals surface area contributed by atoms with Crippen LogP contribution in [0.5, 0.6) is 0 Å². The number of rotatable bonds is 3. The normalized spacial score (nSPS) is 13.1. The molecule has 1 aromatic carbocycles. The average Bonchev–Trinajstić information content (AvgIpc) is 2.47. The molecular formula is C17H19N3. The monoisotopic (exact) mass is 265 g/mol. The van der Waals surface area contributed by atoms with Crippen LogP contribution >= 0.6 is 0 Å². The molecule has 0 fully saturated rings. The first-order valence-electron chi connectivity index (χ1n) is 6.58. The van der Waals surface area contributed by atoms with Gasteiger partial charge >= 0.3 is 0 Å². The van der Waals surface area contributed by atoms with Gasteiger partial charge in [0.05, 0.1) is 5.69 Å². The lowest BCUT2D eigenvalue weighted by Gasteiger charge is -2.06. The third-order valence-electron chi connectivity index (χ3n) is 3.31. The van der Waals surface area contributed by atoms with E-state index in [1.54, 1.807) is 6.20 Å². The number of nitrogens with zero attached hydrogens (tertiary/aromatic N) is 2. The first kappa shape index (κ1) is 14.0. The molecule has 0 aliphatic carbocycles. The minimum absolute atomic E-state index is 0.302. The van der Waals surface area contributed by atoms with Crippen LogP contribution in [-0.2, 0) is 0 Å². The summed E-state index contributed by atoms with van der Waals surface area (Å²) in [6, 6.07) is 12.2. The summed E-state index contributed by atoms with van der Waals surface area (Å²) in [6.07, 6.45) is 3.81. The van der Waals surface area contributed by atoms with E-state index in [0.717, 1.165) is 11.3 Å². The maximum atomic E-state index is 5.62. The Hall–Kier alpha value is -2.42. The van der Waals surface area contributed by atoms with Gasteiger partial charge in [0.1, 0.15) is 0 Å². The molecule has 0 amide bonds. The van der Waals surface area contributed by atoms with E-state index in [-0.39, 0.29) is 0 Å². The van der Waals surface area contributed by atoms with Crippen molar-refractivity contribution in [2.75, 3.05) is 5.73 Å². The van der Waals surface area contributed by atoms with E-state index in [2.05, 4.69) is 42.0 Å². The molecular weight excluding hydrogens is 246 g/mol. The van der Waals surface area contributed by atoms with Crippen molar-refractivity contribution in [2.45, 2.75) is 20.8 Å². The molecule has 0 atom stereocenters. The van der Waals surface area contributed by atoms with Crippen molar-refractivity contribution in [3.8, 4) is 0 Å². The van der Waals surface area contributed by atoms with Crippen LogP contribution in [-0.4, -0.2) is 9.97 Å². The lowest BCUT2D eigenvalue weighted by Crippen LogP contribution is -1.96. The third kappa shape index (κ3) is 3.32. The van der Waals surface area contributed by atoms with Gasteiger partial charge in [-0.3, -0.25) is 0 Å². The molecule has 0 bridgehead atoms. The summed E-state index contributed by atoms with van der Waals surface area (Å²) in [5.41, 5.74) is 11.3. The topological polar surface area (TPSA) is 51.8 Å². The van der Waals surface area contributed by atoms with Crippen LogP contribution in [0.15, 0.2) is 54.2 Å². The molecule has 3 heteroatoms.